The largest absolute Gasteiger partial charge is 0.507 e. The summed E-state index contributed by atoms with van der Waals surface area (Å²) in [7, 11) is 0. The molecule has 21 heavy (non-hydrogen) atoms. The summed E-state index contributed by atoms with van der Waals surface area (Å²) in [4.78, 5) is 10.7. The Morgan fingerprint density at radius 2 is 1.57 bits per heavy atom. The third-order valence-corrected chi connectivity index (χ3v) is 6.24. The molecule has 0 saturated heterocycles. The van der Waals surface area contributed by atoms with E-state index in [1.807, 2.05) is 13.8 Å². The number of rotatable bonds is 4. The highest BCUT2D eigenvalue weighted by Crippen LogP contribution is 2.61. The number of aryl methyl sites for hydroxylation is 2. The van der Waals surface area contributed by atoms with Crippen molar-refractivity contribution in [2.45, 2.75) is 18.7 Å². The summed E-state index contributed by atoms with van der Waals surface area (Å²) in [6.45, 7) is 3.71. The molecule has 0 aliphatic carbocycles. The lowest BCUT2D eigenvalue weighted by molar-refractivity contribution is 0.431. The summed E-state index contributed by atoms with van der Waals surface area (Å²) in [5.74, 6) is 0.0874. The maximum atomic E-state index is 10.3. The molecule has 1 unspecified atom stereocenters. The molecule has 0 aliphatic rings. The lowest BCUT2D eigenvalue weighted by Crippen LogP contribution is -1.90. The van der Waals surface area contributed by atoms with Gasteiger partial charge in [-0.05, 0) is 72.4 Å². The molecule has 2 rings (SSSR count). The molecule has 7 heteroatoms. The highest BCUT2D eigenvalue weighted by atomic mass is 32.9. The Kier molecular flexibility index (Phi) is 4.84. The van der Waals surface area contributed by atoms with Crippen LogP contribution in [0.3, 0.4) is 0 Å². The van der Waals surface area contributed by atoms with Crippen molar-refractivity contribution in [1.29, 1.82) is 0 Å². The van der Waals surface area contributed by atoms with Crippen molar-refractivity contribution in [2.24, 2.45) is 0 Å². The Hall–Kier alpha value is -1.20. The van der Waals surface area contributed by atoms with Crippen LogP contribution >= 0.6 is 17.1 Å². The fourth-order valence-electron chi connectivity index (χ4n) is 1.66. The Morgan fingerprint density at radius 3 is 2.24 bits per heavy atom. The lowest BCUT2D eigenvalue weighted by atomic mass is 10.2. The van der Waals surface area contributed by atoms with Crippen LogP contribution in [0.15, 0.2) is 41.3 Å². The van der Waals surface area contributed by atoms with Crippen LogP contribution in [0.2, 0.25) is 0 Å². The number of aromatic hydroxyl groups is 2. The van der Waals surface area contributed by atoms with E-state index < -0.39 is 5.69 Å². The van der Waals surface area contributed by atoms with E-state index in [2.05, 4.69) is 0 Å². The van der Waals surface area contributed by atoms with E-state index >= 15 is 0 Å². The molecular formula is C14H15O4PS2. The fraction of sp³-hybridized carbons (Fsp3) is 0.143. The normalized spacial score (nSPS) is 13.7. The predicted molar refractivity (Wildman–Crippen MR) is 88.7 cm³/mol. The molecule has 4 nitrogen and oxygen atoms in total. The average molecular weight is 342 g/mol. The van der Waals surface area contributed by atoms with Gasteiger partial charge in [0.15, 0.2) is 11.5 Å². The zero-order valence-electron chi connectivity index (χ0n) is 11.5. The van der Waals surface area contributed by atoms with Crippen LogP contribution in [0, 0.1) is 13.8 Å². The van der Waals surface area contributed by atoms with Crippen molar-refractivity contribution in [3.63, 3.8) is 0 Å². The topological polar surface area (TPSA) is 69.9 Å². The van der Waals surface area contributed by atoms with E-state index in [9.17, 15) is 15.1 Å². The van der Waals surface area contributed by atoms with Gasteiger partial charge in [-0.25, -0.2) is 0 Å². The molecule has 1 atom stereocenters. The van der Waals surface area contributed by atoms with Crippen molar-refractivity contribution in [2.75, 3.05) is 0 Å². The van der Waals surface area contributed by atoms with Gasteiger partial charge in [-0.15, -0.1) is 0 Å². The minimum Gasteiger partial charge on any atom is -0.507 e. The van der Waals surface area contributed by atoms with E-state index in [-0.39, 0.29) is 17.2 Å². The van der Waals surface area contributed by atoms with Gasteiger partial charge < -0.3 is 19.6 Å². The Morgan fingerprint density at radius 1 is 1.00 bits per heavy atom. The second-order valence-corrected chi connectivity index (χ2v) is 10.5. The van der Waals surface area contributed by atoms with Crippen LogP contribution in [0.25, 0.3) is 0 Å². The monoisotopic (exact) mass is 342 g/mol. The van der Waals surface area contributed by atoms with Gasteiger partial charge in [0.1, 0.15) is 5.75 Å². The number of benzene rings is 2. The third-order valence-electron chi connectivity index (χ3n) is 2.66. The number of hydrogen-bond donors (Lipinski definition) is 3. The number of phenols is 2. The molecule has 0 bridgehead atoms. The molecule has 0 aromatic heterocycles. The first kappa shape index (κ1) is 16.2. The number of hydrogen-bond acceptors (Lipinski definition) is 5. The molecule has 0 spiro atoms. The van der Waals surface area contributed by atoms with Gasteiger partial charge in [0.25, 0.3) is 5.69 Å². The fourth-order valence-corrected chi connectivity index (χ4v) is 5.24. The molecule has 2 aromatic carbocycles. The maximum absolute atomic E-state index is 10.3. The number of phenolic OH excluding ortho intramolecular Hbond substituents is 2. The van der Waals surface area contributed by atoms with E-state index in [1.54, 1.807) is 24.3 Å². The van der Waals surface area contributed by atoms with E-state index in [1.165, 1.54) is 12.1 Å². The summed E-state index contributed by atoms with van der Waals surface area (Å²) < 4.78 is 5.40. The third kappa shape index (κ3) is 4.38. The van der Waals surface area contributed by atoms with E-state index in [0.29, 0.717) is 4.90 Å². The molecule has 112 valence electrons. The molecule has 2 aromatic rings. The van der Waals surface area contributed by atoms with Crippen LogP contribution < -0.4 is 4.52 Å². The van der Waals surface area contributed by atoms with Crippen LogP contribution in [0.4, 0.5) is 0 Å². The molecule has 0 amide bonds. The lowest BCUT2D eigenvalue weighted by Gasteiger charge is -2.18. The van der Waals surface area contributed by atoms with Gasteiger partial charge in [0.2, 0.25) is 0 Å². The quantitative estimate of drug-likeness (QED) is 0.727. The van der Waals surface area contributed by atoms with Crippen LogP contribution in [-0.2, 0) is 11.8 Å². The first-order valence-electron chi connectivity index (χ1n) is 6.08. The van der Waals surface area contributed by atoms with Gasteiger partial charge >= 0.3 is 0 Å². The van der Waals surface area contributed by atoms with Gasteiger partial charge in [0.05, 0.1) is 4.90 Å². The van der Waals surface area contributed by atoms with Crippen molar-refractivity contribution in [3.8, 4) is 17.2 Å². The van der Waals surface area contributed by atoms with Crippen molar-refractivity contribution in [1.82, 2.24) is 0 Å². The van der Waals surface area contributed by atoms with Gasteiger partial charge in [-0.3, -0.25) is 0 Å². The Bertz CT molecular complexity index is 661. The minimum atomic E-state index is -3.30. The molecular weight excluding hydrogens is 327 g/mol. The SMILES string of the molecule is Cc1ccc(O)c(OP(O)(=S)Sc2cc(C)ccc2O)c1. The standard InChI is InChI=1S/C14H15O4PS2/c1-9-3-5-11(15)13(7-9)18-19(17,20)21-14-8-10(2)4-6-12(14)16/h3-8,15-16H,1-2H3,(H,17,20). The van der Waals surface area contributed by atoms with E-state index in [0.717, 1.165) is 22.5 Å². The molecule has 3 N–H and O–H groups in total. The van der Waals surface area contributed by atoms with Crippen LogP contribution in [-0.4, -0.2) is 15.1 Å². The zero-order chi connectivity index (χ0) is 15.6. The van der Waals surface area contributed by atoms with Crippen molar-refractivity contribution in [3.05, 3.63) is 47.5 Å². The van der Waals surface area contributed by atoms with Gasteiger partial charge in [-0.1, -0.05) is 12.1 Å². The smallest absolute Gasteiger partial charge is 0.299 e. The zero-order valence-corrected chi connectivity index (χ0v) is 14.0. The van der Waals surface area contributed by atoms with Crippen LogP contribution in [0.1, 0.15) is 11.1 Å². The summed E-state index contributed by atoms with van der Waals surface area (Å²) in [6.07, 6.45) is 0. The van der Waals surface area contributed by atoms with Crippen molar-refractivity contribution >= 4 is 28.9 Å². The molecule has 0 fully saturated rings. The molecule has 0 saturated carbocycles. The van der Waals surface area contributed by atoms with Crippen LogP contribution in [0.5, 0.6) is 17.2 Å². The van der Waals surface area contributed by atoms with Gasteiger partial charge in [-0.2, -0.15) is 0 Å². The summed E-state index contributed by atoms with van der Waals surface area (Å²) in [5, 5.41) is 19.5. The average Bonchev–Trinajstić information content (AvgIpc) is 2.37. The highest BCUT2D eigenvalue weighted by Gasteiger charge is 2.21. The Balaban J connectivity index is 2.24. The maximum Gasteiger partial charge on any atom is 0.299 e. The second-order valence-electron chi connectivity index (χ2n) is 4.59. The predicted octanol–water partition coefficient (Wildman–Crippen LogP) is 4.10. The minimum absolute atomic E-state index is 0.0333. The summed E-state index contributed by atoms with van der Waals surface area (Å²) in [5.41, 5.74) is -1.49. The molecule has 0 radical (unpaired) electrons. The summed E-state index contributed by atoms with van der Waals surface area (Å²) >= 11 is 5.99. The van der Waals surface area contributed by atoms with Gasteiger partial charge in [0, 0.05) is 0 Å². The van der Waals surface area contributed by atoms with E-state index in [4.69, 9.17) is 16.3 Å². The first-order valence-corrected chi connectivity index (χ1v) is 10.2. The highest BCUT2D eigenvalue weighted by molar-refractivity contribution is 8.67. The Labute approximate surface area is 132 Å². The summed E-state index contributed by atoms with van der Waals surface area (Å²) in [6, 6.07) is 9.82. The second kappa shape index (κ2) is 6.28. The van der Waals surface area contributed by atoms with Crippen molar-refractivity contribution < 1.29 is 19.6 Å². The molecule has 0 aliphatic heterocycles. The molecule has 0 heterocycles. The first-order chi connectivity index (χ1) is 9.77.